The minimum absolute atomic E-state index is 0.216. The maximum atomic E-state index is 10.2. The SMILES string of the molecule is CCCCC#CC(C)CCC(=O)O. The van der Waals surface area contributed by atoms with Gasteiger partial charge in [-0.25, -0.2) is 0 Å². The van der Waals surface area contributed by atoms with E-state index in [0.29, 0.717) is 6.42 Å². The van der Waals surface area contributed by atoms with Crippen molar-refractivity contribution >= 4 is 5.97 Å². The van der Waals surface area contributed by atoms with Crippen molar-refractivity contribution in [3.8, 4) is 11.8 Å². The highest BCUT2D eigenvalue weighted by atomic mass is 16.4. The number of aliphatic carboxylic acids is 1. The molecule has 0 bridgehead atoms. The smallest absolute Gasteiger partial charge is 0.303 e. The molecule has 0 aliphatic rings. The summed E-state index contributed by atoms with van der Waals surface area (Å²) in [5.41, 5.74) is 0. The van der Waals surface area contributed by atoms with Crippen LogP contribution in [0.15, 0.2) is 0 Å². The van der Waals surface area contributed by atoms with E-state index >= 15 is 0 Å². The quantitative estimate of drug-likeness (QED) is 0.524. The fourth-order valence-corrected chi connectivity index (χ4v) is 0.924. The summed E-state index contributed by atoms with van der Waals surface area (Å²) in [5.74, 6) is 5.61. The molecule has 0 rings (SSSR count). The molecule has 0 radical (unpaired) electrons. The Hall–Kier alpha value is -0.970. The fourth-order valence-electron chi connectivity index (χ4n) is 0.924. The maximum absolute atomic E-state index is 10.2. The standard InChI is InChI=1S/C11H18O2/c1-3-4-5-6-7-10(2)8-9-11(12)13/h10H,3-5,8-9H2,1-2H3,(H,12,13). The summed E-state index contributed by atoms with van der Waals surface area (Å²) in [6.07, 6.45) is 4.13. The summed E-state index contributed by atoms with van der Waals surface area (Å²) >= 11 is 0. The van der Waals surface area contributed by atoms with E-state index in [0.717, 1.165) is 19.3 Å². The summed E-state index contributed by atoms with van der Waals surface area (Å²) in [4.78, 5) is 10.2. The van der Waals surface area contributed by atoms with Crippen LogP contribution >= 0.6 is 0 Å². The summed E-state index contributed by atoms with van der Waals surface area (Å²) in [7, 11) is 0. The van der Waals surface area contributed by atoms with Gasteiger partial charge in [-0.3, -0.25) is 4.79 Å². The molecule has 0 aromatic heterocycles. The molecule has 0 fully saturated rings. The van der Waals surface area contributed by atoms with E-state index in [9.17, 15) is 4.79 Å². The Kier molecular flexibility index (Phi) is 7.10. The molecule has 0 aromatic carbocycles. The van der Waals surface area contributed by atoms with Crippen molar-refractivity contribution in [3.63, 3.8) is 0 Å². The highest BCUT2D eigenvalue weighted by Gasteiger charge is 2.01. The summed E-state index contributed by atoms with van der Waals surface area (Å²) in [6, 6.07) is 0. The van der Waals surface area contributed by atoms with Gasteiger partial charge in [-0.05, 0) is 12.8 Å². The summed E-state index contributed by atoms with van der Waals surface area (Å²) < 4.78 is 0. The lowest BCUT2D eigenvalue weighted by atomic mass is 10.1. The lowest BCUT2D eigenvalue weighted by Crippen LogP contribution is -1.98. The van der Waals surface area contributed by atoms with Crippen molar-refractivity contribution in [3.05, 3.63) is 0 Å². The van der Waals surface area contributed by atoms with Gasteiger partial charge in [0.2, 0.25) is 0 Å². The molecule has 74 valence electrons. The summed E-state index contributed by atoms with van der Waals surface area (Å²) in [5, 5.41) is 8.42. The molecule has 1 unspecified atom stereocenters. The van der Waals surface area contributed by atoms with Crippen molar-refractivity contribution in [2.45, 2.75) is 46.0 Å². The first-order valence-corrected chi connectivity index (χ1v) is 4.87. The molecule has 13 heavy (non-hydrogen) atoms. The highest BCUT2D eigenvalue weighted by molar-refractivity contribution is 5.66. The van der Waals surface area contributed by atoms with E-state index in [1.807, 2.05) is 6.92 Å². The Morgan fingerprint density at radius 1 is 1.54 bits per heavy atom. The molecule has 0 aliphatic carbocycles. The summed E-state index contributed by atoms with van der Waals surface area (Å²) in [6.45, 7) is 4.11. The van der Waals surface area contributed by atoms with E-state index in [-0.39, 0.29) is 12.3 Å². The van der Waals surface area contributed by atoms with Crippen LogP contribution in [0.3, 0.4) is 0 Å². The topological polar surface area (TPSA) is 37.3 Å². The van der Waals surface area contributed by atoms with E-state index < -0.39 is 5.97 Å². The number of carboxylic acid groups (broad SMARTS) is 1. The normalized spacial score (nSPS) is 11.5. The van der Waals surface area contributed by atoms with Gasteiger partial charge in [-0.2, -0.15) is 0 Å². The van der Waals surface area contributed by atoms with Gasteiger partial charge in [0.25, 0.3) is 0 Å². The van der Waals surface area contributed by atoms with Crippen LogP contribution in [-0.4, -0.2) is 11.1 Å². The molecule has 0 spiro atoms. The van der Waals surface area contributed by atoms with Crippen LogP contribution < -0.4 is 0 Å². The molecule has 0 saturated carbocycles. The number of carboxylic acids is 1. The fraction of sp³-hybridized carbons (Fsp3) is 0.727. The van der Waals surface area contributed by atoms with Gasteiger partial charge in [0, 0.05) is 18.8 Å². The van der Waals surface area contributed by atoms with Crippen molar-refractivity contribution < 1.29 is 9.90 Å². The van der Waals surface area contributed by atoms with Crippen molar-refractivity contribution in [1.82, 2.24) is 0 Å². The maximum Gasteiger partial charge on any atom is 0.303 e. The van der Waals surface area contributed by atoms with Crippen LogP contribution in [0.4, 0.5) is 0 Å². The number of unbranched alkanes of at least 4 members (excludes halogenated alkanes) is 2. The number of carbonyl (C=O) groups is 1. The number of hydrogen-bond acceptors (Lipinski definition) is 1. The highest BCUT2D eigenvalue weighted by Crippen LogP contribution is 2.03. The number of hydrogen-bond donors (Lipinski definition) is 1. The van der Waals surface area contributed by atoms with Crippen LogP contribution in [0, 0.1) is 17.8 Å². The average molecular weight is 182 g/mol. The van der Waals surface area contributed by atoms with Crippen LogP contribution in [0.25, 0.3) is 0 Å². The van der Waals surface area contributed by atoms with Crippen molar-refractivity contribution in [2.24, 2.45) is 5.92 Å². The molecule has 0 saturated heterocycles. The van der Waals surface area contributed by atoms with Crippen LogP contribution in [0.5, 0.6) is 0 Å². The third kappa shape index (κ3) is 8.94. The van der Waals surface area contributed by atoms with Crippen molar-refractivity contribution in [1.29, 1.82) is 0 Å². The predicted octanol–water partition coefficient (Wildman–Crippen LogP) is 2.68. The average Bonchev–Trinajstić information content (AvgIpc) is 2.09. The zero-order chi connectivity index (χ0) is 10.1. The monoisotopic (exact) mass is 182 g/mol. The first-order chi connectivity index (χ1) is 6.16. The Labute approximate surface area is 80.3 Å². The molecular weight excluding hydrogens is 164 g/mol. The number of rotatable bonds is 5. The third-order valence-corrected chi connectivity index (χ3v) is 1.80. The minimum atomic E-state index is -0.734. The molecule has 0 aromatic rings. The zero-order valence-corrected chi connectivity index (χ0v) is 8.47. The van der Waals surface area contributed by atoms with Crippen molar-refractivity contribution in [2.75, 3.05) is 0 Å². The molecular formula is C11H18O2. The Morgan fingerprint density at radius 2 is 2.23 bits per heavy atom. The van der Waals surface area contributed by atoms with Gasteiger partial charge < -0.3 is 5.11 Å². The van der Waals surface area contributed by atoms with Gasteiger partial charge in [-0.15, -0.1) is 11.8 Å². The van der Waals surface area contributed by atoms with Crippen LogP contribution in [0.2, 0.25) is 0 Å². The first-order valence-electron chi connectivity index (χ1n) is 4.87. The molecule has 2 nitrogen and oxygen atoms in total. The van der Waals surface area contributed by atoms with Gasteiger partial charge in [-0.1, -0.05) is 20.3 Å². The van der Waals surface area contributed by atoms with Gasteiger partial charge in [0.1, 0.15) is 0 Å². The minimum Gasteiger partial charge on any atom is -0.481 e. The van der Waals surface area contributed by atoms with E-state index in [2.05, 4.69) is 18.8 Å². The molecule has 2 heteroatoms. The second-order valence-corrected chi connectivity index (χ2v) is 3.26. The molecule has 1 atom stereocenters. The van der Waals surface area contributed by atoms with E-state index in [1.165, 1.54) is 0 Å². The van der Waals surface area contributed by atoms with Gasteiger partial charge >= 0.3 is 5.97 Å². The van der Waals surface area contributed by atoms with E-state index in [1.54, 1.807) is 0 Å². The Bertz CT molecular complexity index is 198. The van der Waals surface area contributed by atoms with Crippen LogP contribution in [0.1, 0.15) is 46.0 Å². The second-order valence-electron chi connectivity index (χ2n) is 3.26. The molecule has 0 aliphatic heterocycles. The Balaban J connectivity index is 3.51. The van der Waals surface area contributed by atoms with Gasteiger partial charge in [0.15, 0.2) is 0 Å². The van der Waals surface area contributed by atoms with E-state index in [4.69, 9.17) is 5.11 Å². The van der Waals surface area contributed by atoms with Crippen LogP contribution in [-0.2, 0) is 4.79 Å². The lowest BCUT2D eigenvalue weighted by Gasteiger charge is -1.99. The van der Waals surface area contributed by atoms with Gasteiger partial charge in [0.05, 0.1) is 0 Å². The molecule has 1 N–H and O–H groups in total. The zero-order valence-electron chi connectivity index (χ0n) is 8.47. The lowest BCUT2D eigenvalue weighted by molar-refractivity contribution is -0.137. The molecule has 0 heterocycles. The predicted molar refractivity (Wildman–Crippen MR) is 53.3 cm³/mol. The third-order valence-electron chi connectivity index (χ3n) is 1.80. The molecule has 0 amide bonds. The Morgan fingerprint density at radius 3 is 2.77 bits per heavy atom. The second kappa shape index (κ2) is 7.67. The first kappa shape index (κ1) is 12.0. The largest absolute Gasteiger partial charge is 0.481 e.